The molecular formula is C12H19N3O2. The summed E-state index contributed by atoms with van der Waals surface area (Å²) in [7, 11) is 0. The number of hydrogen-bond acceptors (Lipinski definition) is 3. The van der Waals surface area contributed by atoms with Crippen LogP contribution < -0.4 is 0 Å². The van der Waals surface area contributed by atoms with Crippen molar-refractivity contribution in [1.82, 2.24) is 14.7 Å². The van der Waals surface area contributed by atoms with Gasteiger partial charge in [0.2, 0.25) is 5.91 Å². The predicted octanol–water partition coefficient (Wildman–Crippen LogP) is 0.483. The molecule has 17 heavy (non-hydrogen) atoms. The van der Waals surface area contributed by atoms with Crippen LogP contribution in [0.2, 0.25) is 0 Å². The molecule has 1 atom stereocenters. The van der Waals surface area contributed by atoms with Crippen molar-refractivity contribution in [3.8, 4) is 0 Å². The predicted molar refractivity (Wildman–Crippen MR) is 63.5 cm³/mol. The Kier molecular flexibility index (Phi) is 3.47. The summed E-state index contributed by atoms with van der Waals surface area (Å²) >= 11 is 0. The lowest BCUT2D eigenvalue weighted by Gasteiger charge is -2.15. The monoisotopic (exact) mass is 237 g/mol. The van der Waals surface area contributed by atoms with Gasteiger partial charge in [0.25, 0.3) is 0 Å². The summed E-state index contributed by atoms with van der Waals surface area (Å²) in [6.07, 6.45) is 0.813. The van der Waals surface area contributed by atoms with Gasteiger partial charge in [-0.15, -0.1) is 0 Å². The van der Waals surface area contributed by atoms with Gasteiger partial charge < -0.3 is 10.0 Å². The Balaban J connectivity index is 1.86. The second-order valence-electron chi connectivity index (χ2n) is 4.68. The molecule has 1 saturated heterocycles. The van der Waals surface area contributed by atoms with Gasteiger partial charge in [0.15, 0.2) is 0 Å². The summed E-state index contributed by atoms with van der Waals surface area (Å²) in [6, 6.07) is 2.00. The molecule has 0 radical (unpaired) electrons. The molecule has 0 bridgehead atoms. The van der Waals surface area contributed by atoms with Gasteiger partial charge in [-0.1, -0.05) is 0 Å². The second-order valence-corrected chi connectivity index (χ2v) is 4.68. The van der Waals surface area contributed by atoms with Crippen LogP contribution >= 0.6 is 0 Å². The number of β-amino-alcohol motifs (C(OH)–C–C–N with tert-alkyl or cyclic N) is 1. The minimum Gasteiger partial charge on any atom is -0.391 e. The number of hydrogen-bond donors (Lipinski definition) is 1. The fourth-order valence-electron chi connectivity index (χ4n) is 2.23. The van der Waals surface area contributed by atoms with E-state index in [2.05, 4.69) is 5.10 Å². The second kappa shape index (κ2) is 4.87. The molecule has 1 unspecified atom stereocenters. The van der Waals surface area contributed by atoms with E-state index >= 15 is 0 Å². The standard InChI is InChI=1S/C12H19N3O2/c1-9-7-10(2)15(13-9)6-4-12(17)14-5-3-11(16)8-14/h7,11,16H,3-6,8H2,1-2H3. The van der Waals surface area contributed by atoms with Crippen molar-refractivity contribution in [2.45, 2.75) is 39.3 Å². The van der Waals surface area contributed by atoms with Crippen LogP contribution in [0, 0.1) is 13.8 Å². The number of carbonyl (C=O) groups excluding carboxylic acids is 1. The van der Waals surface area contributed by atoms with Crippen LogP contribution in [-0.4, -0.2) is 44.9 Å². The van der Waals surface area contributed by atoms with Crippen molar-refractivity contribution in [2.75, 3.05) is 13.1 Å². The van der Waals surface area contributed by atoms with E-state index in [4.69, 9.17) is 0 Å². The molecule has 0 aliphatic carbocycles. The molecule has 1 aliphatic heterocycles. The fourth-order valence-corrected chi connectivity index (χ4v) is 2.23. The largest absolute Gasteiger partial charge is 0.391 e. The highest BCUT2D eigenvalue weighted by Gasteiger charge is 2.24. The van der Waals surface area contributed by atoms with Gasteiger partial charge in [0.05, 0.1) is 11.8 Å². The van der Waals surface area contributed by atoms with E-state index in [1.165, 1.54) is 0 Å². The average molecular weight is 237 g/mol. The minimum absolute atomic E-state index is 0.106. The molecule has 2 rings (SSSR count). The summed E-state index contributed by atoms with van der Waals surface area (Å²) < 4.78 is 1.86. The molecular weight excluding hydrogens is 218 g/mol. The first-order valence-corrected chi connectivity index (χ1v) is 6.03. The van der Waals surface area contributed by atoms with E-state index in [0.29, 0.717) is 32.5 Å². The average Bonchev–Trinajstić information content (AvgIpc) is 2.82. The van der Waals surface area contributed by atoms with E-state index in [1.54, 1.807) is 4.90 Å². The van der Waals surface area contributed by atoms with Gasteiger partial charge in [-0.25, -0.2) is 0 Å². The number of aryl methyl sites for hydroxylation is 3. The summed E-state index contributed by atoms with van der Waals surface area (Å²) in [6.45, 7) is 5.71. The number of carbonyl (C=O) groups is 1. The first kappa shape index (κ1) is 12.1. The Labute approximate surface area is 101 Å². The third kappa shape index (κ3) is 2.85. The van der Waals surface area contributed by atoms with Gasteiger partial charge in [0, 0.05) is 31.7 Å². The molecule has 5 nitrogen and oxygen atoms in total. The molecule has 0 spiro atoms. The summed E-state index contributed by atoms with van der Waals surface area (Å²) in [5.41, 5.74) is 2.06. The van der Waals surface area contributed by atoms with Gasteiger partial charge in [-0.2, -0.15) is 5.10 Å². The Morgan fingerprint density at radius 1 is 1.59 bits per heavy atom. The van der Waals surface area contributed by atoms with Crippen molar-refractivity contribution < 1.29 is 9.90 Å². The van der Waals surface area contributed by atoms with Crippen molar-refractivity contribution >= 4 is 5.91 Å². The number of likely N-dealkylation sites (tertiary alicyclic amines) is 1. The van der Waals surface area contributed by atoms with Crippen molar-refractivity contribution in [2.24, 2.45) is 0 Å². The topological polar surface area (TPSA) is 58.4 Å². The van der Waals surface area contributed by atoms with E-state index in [9.17, 15) is 9.90 Å². The summed E-state index contributed by atoms with van der Waals surface area (Å²) in [5, 5.41) is 13.7. The first-order chi connectivity index (χ1) is 8.06. The third-order valence-electron chi connectivity index (χ3n) is 3.16. The van der Waals surface area contributed by atoms with Crippen LogP contribution in [0.15, 0.2) is 6.07 Å². The molecule has 1 aromatic rings. The van der Waals surface area contributed by atoms with Crippen LogP contribution in [0.3, 0.4) is 0 Å². The van der Waals surface area contributed by atoms with E-state index < -0.39 is 0 Å². The summed E-state index contributed by atoms with van der Waals surface area (Å²) in [5.74, 6) is 0.106. The molecule has 0 saturated carbocycles. The molecule has 1 amide bonds. The quantitative estimate of drug-likeness (QED) is 0.832. The van der Waals surface area contributed by atoms with Crippen LogP contribution in [0.25, 0.3) is 0 Å². The van der Waals surface area contributed by atoms with Crippen LogP contribution in [0.5, 0.6) is 0 Å². The van der Waals surface area contributed by atoms with Gasteiger partial charge >= 0.3 is 0 Å². The SMILES string of the molecule is Cc1cc(C)n(CCC(=O)N2CCC(O)C2)n1. The van der Waals surface area contributed by atoms with Gasteiger partial charge in [0.1, 0.15) is 0 Å². The van der Waals surface area contributed by atoms with Crippen LogP contribution in [0.4, 0.5) is 0 Å². The van der Waals surface area contributed by atoms with E-state index in [1.807, 2.05) is 24.6 Å². The van der Waals surface area contributed by atoms with Crippen molar-refractivity contribution in [3.63, 3.8) is 0 Å². The zero-order chi connectivity index (χ0) is 12.4. The lowest BCUT2D eigenvalue weighted by atomic mass is 10.3. The molecule has 1 fully saturated rings. The normalized spacial score (nSPS) is 19.9. The maximum absolute atomic E-state index is 11.9. The minimum atomic E-state index is -0.340. The Morgan fingerprint density at radius 2 is 2.35 bits per heavy atom. The van der Waals surface area contributed by atoms with E-state index in [0.717, 1.165) is 11.4 Å². The van der Waals surface area contributed by atoms with Gasteiger partial charge in [-0.05, 0) is 26.3 Å². The molecule has 94 valence electrons. The number of nitrogens with zero attached hydrogens (tertiary/aromatic N) is 3. The van der Waals surface area contributed by atoms with Crippen LogP contribution in [0.1, 0.15) is 24.2 Å². The number of aromatic nitrogens is 2. The third-order valence-corrected chi connectivity index (χ3v) is 3.16. The number of amides is 1. The Bertz CT molecular complexity index is 414. The zero-order valence-corrected chi connectivity index (χ0v) is 10.4. The van der Waals surface area contributed by atoms with Crippen molar-refractivity contribution in [3.05, 3.63) is 17.5 Å². The summed E-state index contributed by atoms with van der Waals surface area (Å²) in [4.78, 5) is 13.6. The Hall–Kier alpha value is -1.36. The fraction of sp³-hybridized carbons (Fsp3) is 0.667. The van der Waals surface area contributed by atoms with Crippen molar-refractivity contribution in [1.29, 1.82) is 0 Å². The van der Waals surface area contributed by atoms with Gasteiger partial charge in [-0.3, -0.25) is 9.48 Å². The number of aliphatic hydroxyl groups is 1. The molecule has 1 N–H and O–H groups in total. The smallest absolute Gasteiger partial charge is 0.224 e. The first-order valence-electron chi connectivity index (χ1n) is 6.03. The maximum Gasteiger partial charge on any atom is 0.224 e. The van der Waals surface area contributed by atoms with Crippen LogP contribution in [-0.2, 0) is 11.3 Å². The molecule has 2 heterocycles. The van der Waals surface area contributed by atoms with E-state index in [-0.39, 0.29) is 12.0 Å². The Morgan fingerprint density at radius 3 is 2.88 bits per heavy atom. The number of rotatable bonds is 3. The molecule has 1 aliphatic rings. The number of aliphatic hydroxyl groups excluding tert-OH is 1. The molecule has 0 aromatic carbocycles. The highest BCUT2D eigenvalue weighted by Crippen LogP contribution is 2.11. The zero-order valence-electron chi connectivity index (χ0n) is 10.4. The molecule has 5 heteroatoms. The lowest BCUT2D eigenvalue weighted by Crippen LogP contribution is -2.30. The lowest BCUT2D eigenvalue weighted by molar-refractivity contribution is -0.130. The maximum atomic E-state index is 11.9. The highest BCUT2D eigenvalue weighted by atomic mass is 16.3. The highest BCUT2D eigenvalue weighted by molar-refractivity contribution is 5.76. The molecule has 1 aromatic heterocycles.